The number of ether oxygens (including phenoxy) is 1. The van der Waals surface area contributed by atoms with Crippen LogP contribution in [0.1, 0.15) is 48.7 Å². The first-order valence-electron chi connectivity index (χ1n) is 10.9. The number of anilines is 1. The Morgan fingerprint density at radius 3 is 2.31 bits per heavy atom. The molecule has 1 aromatic heterocycles. The highest BCUT2D eigenvalue weighted by Crippen LogP contribution is 2.32. The van der Waals surface area contributed by atoms with E-state index in [1.165, 1.54) is 0 Å². The SMILES string of the molecule is CCCOCCN(C(=O)c1c(Cl)ccc2cc(Cl)c(=O)[nH]c12)c1c(CC)cccc1CC. The Hall–Kier alpha value is -2.34. The van der Waals surface area contributed by atoms with Crippen molar-refractivity contribution >= 4 is 45.7 Å². The van der Waals surface area contributed by atoms with Gasteiger partial charge in [0.05, 0.1) is 28.4 Å². The summed E-state index contributed by atoms with van der Waals surface area (Å²) in [5, 5.41) is 0.976. The maximum Gasteiger partial charge on any atom is 0.267 e. The molecule has 0 unspecified atom stereocenters. The van der Waals surface area contributed by atoms with Gasteiger partial charge in [0.15, 0.2) is 0 Å². The van der Waals surface area contributed by atoms with Gasteiger partial charge in [-0.05, 0) is 42.5 Å². The summed E-state index contributed by atoms with van der Waals surface area (Å²) >= 11 is 12.5. The molecule has 5 nitrogen and oxygen atoms in total. The average Bonchev–Trinajstić information content (AvgIpc) is 2.79. The largest absolute Gasteiger partial charge is 0.380 e. The van der Waals surface area contributed by atoms with Gasteiger partial charge in [-0.2, -0.15) is 0 Å². The second-order valence-electron chi connectivity index (χ2n) is 7.53. The number of rotatable bonds is 9. The topological polar surface area (TPSA) is 62.4 Å². The zero-order valence-electron chi connectivity index (χ0n) is 18.6. The van der Waals surface area contributed by atoms with Gasteiger partial charge in [0.2, 0.25) is 0 Å². The fraction of sp³-hybridized carbons (Fsp3) is 0.360. The Morgan fingerprint density at radius 1 is 1.00 bits per heavy atom. The van der Waals surface area contributed by atoms with E-state index in [9.17, 15) is 9.59 Å². The van der Waals surface area contributed by atoms with Gasteiger partial charge in [-0.15, -0.1) is 0 Å². The Bertz CT molecular complexity index is 1150. The van der Waals surface area contributed by atoms with Crippen molar-refractivity contribution in [3.63, 3.8) is 0 Å². The molecule has 7 heteroatoms. The lowest BCUT2D eigenvalue weighted by atomic mass is 10.0. The number of amides is 1. The van der Waals surface area contributed by atoms with Crippen LogP contribution >= 0.6 is 23.2 Å². The van der Waals surface area contributed by atoms with Gasteiger partial charge >= 0.3 is 0 Å². The summed E-state index contributed by atoms with van der Waals surface area (Å²) in [5.41, 5.74) is 3.19. The summed E-state index contributed by atoms with van der Waals surface area (Å²) in [7, 11) is 0. The van der Waals surface area contributed by atoms with Crippen LogP contribution in [0.15, 0.2) is 41.2 Å². The van der Waals surface area contributed by atoms with Gasteiger partial charge in [0.1, 0.15) is 5.02 Å². The Morgan fingerprint density at radius 2 is 1.69 bits per heavy atom. The number of fused-ring (bicyclic) bond motifs is 1. The summed E-state index contributed by atoms with van der Waals surface area (Å²) in [6.07, 6.45) is 2.45. The van der Waals surface area contributed by atoms with E-state index in [2.05, 4.69) is 18.8 Å². The van der Waals surface area contributed by atoms with Crippen LogP contribution in [0.3, 0.4) is 0 Å². The Labute approximate surface area is 198 Å². The monoisotopic (exact) mass is 474 g/mol. The minimum Gasteiger partial charge on any atom is -0.380 e. The van der Waals surface area contributed by atoms with Crippen LogP contribution in [-0.4, -0.2) is 30.6 Å². The van der Waals surface area contributed by atoms with Crippen LogP contribution in [0.2, 0.25) is 10.0 Å². The van der Waals surface area contributed by atoms with E-state index in [1.807, 2.05) is 25.1 Å². The third-order valence-electron chi connectivity index (χ3n) is 5.43. The van der Waals surface area contributed by atoms with E-state index in [-0.39, 0.29) is 21.5 Å². The van der Waals surface area contributed by atoms with E-state index >= 15 is 0 Å². The maximum absolute atomic E-state index is 14.0. The number of nitrogens with zero attached hydrogens (tertiary/aromatic N) is 1. The van der Waals surface area contributed by atoms with Crippen LogP contribution < -0.4 is 10.5 Å². The van der Waals surface area contributed by atoms with Crippen LogP contribution in [0, 0.1) is 0 Å². The maximum atomic E-state index is 14.0. The van der Waals surface area contributed by atoms with E-state index < -0.39 is 5.56 Å². The highest BCUT2D eigenvalue weighted by molar-refractivity contribution is 6.37. The lowest BCUT2D eigenvalue weighted by Gasteiger charge is -2.28. The second kappa shape index (κ2) is 11.0. The minimum absolute atomic E-state index is 0.0626. The molecule has 3 rings (SSSR count). The summed E-state index contributed by atoms with van der Waals surface area (Å²) in [6.45, 7) is 7.57. The molecule has 32 heavy (non-hydrogen) atoms. The number of aromatic nitrogens is 1. The highest BCUT2D eigenvalue weighted by Gasteiger charge is 2.26. The van der Waals surface area contributed by atoms with Gasteiger partial charge in [-0.25, -0.2) is 0 Å². The fourth-order valence-corrected chi connectivity index (χ4v) is 4.25. The fourth-order valence-electron chi connectivity index (χ4n) is 3.85. The number of aryl methyl sites for hydroxylation is 2. The molecule has 0 radical (unpaired) electrons. The first kappa shape index (κ1) is 24.3. The molecule has 0 aliphatic heterocycles. The van der Waals surface area contributed by atoms with Gasteiger partial charge in [-0.3, -0.25) is 9.59 Å². The average molecular weight is 475 g/mol. The molecule has 0 saturated heterocycles. The van der Waals surface area contributed by atoms with E-state index in [4.69, 9.17) is 27.9 Å². The van der Waals surface area contributed by atoms with E-state index in [0.29, 0.717) is 30.7 Å². The lowest BCUT2D eigenvalue weighted by Crippen LogP contribution is -2.36. The number of carbonyl (C=O) groups is 1. The molecular weight excluding hydrogens is 447 g/mol. The lowest BCUT2D eigenvalue weighted by molar-refractivity contribution is 0.0961. The smallest absolute Gasteiger partial charge is 0.267 e. The standard InChI is InChI=1S/C25H28Cl2N2O3/c1-4-13-32-14-12-29(23-16(5-2)8-7-9-17(23)6-3)25(31)21-19(26)11-10-18-15-20(27)24(30)28-22(18)21/h7-11,15H,4-6,12-14H2,1-3H3,(H,28,30). The van der Waals surface area contributed by atoms with E-state index in [0.717, 1.165) is 36.1 Å². The minimum atomic E-state index is -0.462. The van der Waals surface area contributed by atoms with Crippen molar-refractivity contribution in [3.05, 3.63) is 73.5 Å². The summed E-state index contributed by atoms with van der Waals surface area (Å²) < 4.78 is 5.72. The van der Waals surface area contributed by atoms with Crippen molar-refractivity contribution in [1.82, 2.24) is 4.98 Å². The number of carbonyl (C=O) groups excluding carboxylic acids is 1. The third-order valence-corrected chi connectivity index (χ3v) is 6.02. The van der Waals surface area contributed by atoms with Crippen molar-refractivity contribution in [3.8, 4) is 0 Å². The van der Waals surface area contributed by atoms with Crippen LogP contribution in [0.25, 0.3) is 10.9 Å². The second-order valence-corrected chi connectivity index (χ2v) is 8.35. The normalized spacial score (nSPS) is 11.2. The number of nitrogens with one attached hydrogen (secondary N) is 1. The van der Waals surface area contributed by atoms with Gasteiger partial charge in [0.25, 0.3) is 11.5 Å². The quantitative estimate of drug-likeness (QED) is 0.384. The number of halogens is 2. The van der Waals surface area contributed by atoms with Crippen LogP contribution in [0.5, 0.6) is 0 Å². The van der Waals surface area contributed by atoms with Gasteiger partial charge in [0, 0.05) is 18.5 Å². The van der Waals surface area contributed by atoms with Crippen molar-refractivity contribution < 1.29 is 9.53 Å². The van der Waals surface area contributed by atoms with Crippen molar-refractivity contribution in [1.29, 1.82) is 0 Å². The predicted molar refractivity (Wildman–Crippen MR) is 133 cm³/mol. The number of pyridine rings is 1. The number of aromatic amines is 1. The third kappa shape index (κ3) is 5.01. The molecule has 0 fully saturated rings. The zero-order chi connectivity index (χ0) is 23.3. The first-order valence-corrected chi connectivity index (χ1v) is 11.7. The Balaban J connectivity index is 2.19. The number of benzene rings is 2. The number of H-pyrrole nitrogens is 1. The zero-order valence-corrected chi connectivity index (χ0v) is 20.1. The van der Waals surface area contributed by atoms with Crippen molar-refractivity contribution in [2.24, 2.45) is 0 Å². The molecule has 170 valence electrons. The number of para-hydroxylation sites is 1. The molecule has 3 aromatic rings. The molecule has 0 bridgehead atoms. The first-order chi connectivity index (χ1) is 15.4. The number of hydrogen-bond donors (Lipinski definition) is 1. The van der Waals surface area contributed by atoms with Crippen molar-refractivity contribution in [2.45, 2.75) is 40.0 Å². The Kier molecular flexibility index (Phi) is 8.35. The van der Waals surface area contributed by atoms with E-state index in [1.54, 1.807) is 23.1 Å². The number of hydrogen-bond acceptors (Lipinski definition) is 3. The van der Waals surface area contributed by atoms with Gasteiger partial charge < -0.3 is 14.6 Å². The molecule has 1 heterocycles. The molecule has 2 aromatic carbocycles. The molecule has 0 aliphatic carbocycles. The highest BCUT2D eigenvalue weighted by atomic mass is 35.5. The molecule has 0 saturated carbocycles. The van der Waals surface area contributed by atoms with Crippen LogP contribution in [-0.2, 0) is 17.6 Å². The van der Waals surface area contributed by atoms with Crippen molar-refractivity contribution in [2.75, 3.05) is 24.7 Å². The predicted octanol–water partition coefficient (Wildman–Crippen LogP) is 6.03. The molecule has 1 amide bonds. The van der Waals surface area contributed by atoms with Gasteiger partial charge in [-0.1, -0.05) is 68.2 Å². The molecule has 1 N–H and O–H groups in total. The summed E-state index contributed by atoms with van der Waals surface area (Å²) in [4.78, 5) is 30.7. The molecule has 0 spiro atoms. The summed E-state index contributed by atoms with van der Waals surface area (Å²) in [5.74, 6) is -0.283. The molecule has 0 atom stereocenters. The van der Waals surface area contributed by atoms with Crippen LogP contribution in [0.4, 0.5) is 5.69 Å². The molecule has 0 aliphatic rings. The summed E-state index contributed by atoms with van der Waals surface area (Å²) in [6, 6.07) is 11.0. The molecular formula is C25H28Cl2N2O3.